The summed E-state index contributed by atoms with van der Waals surface area (Å²) in [4.78, 5) is 16.7. The molecule has 2 fully saturated rings. The molecule has 1 heterocycles. The Balaban J connectivity index is 1.33. The predicted octanol–water partition coefficient (Wildman–Crippen LogP) is 3.27. The molecule has 1 aromatic carbocycles. The van der Waals surface area contributed by atoms with Gasteiger partial charge in [0.15, 0.2) is 5.82 Å². The number of nitrogens with zero attached hydrogens (tertiary/aromatic N) is 2. The van der Waals surface area contributed by atoms with Crippen LogP contribution >= 0.6 is 11.8 Å². The van der Waals surface area contributed by atoms with Gasteiger partial charge in [0.2, 0.25) is 11.1 Å². The first-order valence-corrected chi connectivity index (χ1v) is 10.3. The van der Waals surface area contributed by atoms with E-state index < -0.39 is 0 Å². The summed E-state index contributed by atoms with van der Waals surface area (Å²) in [5.41, 5.74) is 0.875. The number of aromatic amines is 1. The van der Waals surface area contributed by atoms with E-state index in [0.717, 1.165) is 23.7 Å². The van der Waals surface area contributed by atoms with Crippen LogP contribution in [0.4, 0.5) is 0 Å². The second-order valence-corrected chi connectivity index (χ2v) is 7.98. The summed E-state index contributed by atoms with van der Waals surface area (Å²) in [6.07, 6.45) is 5.06. The van der Waals surface area contributed by atoms with Crippen molar-refractivity contribution in [3.8, 4) is 17.1 Å². The molecule has 4 rings (SSSR count). The van der Waals surface area contributed by atoms with Gasteiger partial charge >= 0.3 is 0 Å². The third-order valence-corrected chi connectivity index (χ3v) is 6.17. The lowest BCUT2D eigenvalue weighted by Gasteiger charge is -2.22. The van der Waals surface area contributed by atoms with Gasteiger partial charge in [0.05, 0.1) is 17.9 Å². The van der Waals surface area contributed by atoms with Crippen molar-refractivity contribution in [1.82, 2.24) is 20.5 Å². The number of para-hydroxylation sites is 1. The van der Waals surface area contributed by atoms with Gasteiger partial charge in [0.1, 0.15) is 5.75 Å². The van der Waals surface area contributed by atoms with E-state index in [-0.39, 0.29) is 5.91 Å². The Morgan fingerprint density at radius 1 is 1.35 bits per heavy atom. The van der Waals surface area contributed by atoms with Gasteiger partial charge in [-0.2, -0.15) is 0 Å². The van der Waals surface area contributed by atoms with E-state index in [0.29, 0.717) is 35.3 Å². The summed E-state index contributed by atoms with van der Waals surface area (Å²) in [6.45, 7) is 2.54. The van der Waals surface area contributed by atoms with Crippen LogP contribution in [0.15, 0.2) is 29.4 Å². The number of nitrogens with one attached hydrogen (secondary N) is 2. The zero-order chi connectivity index (χ0) is 17.9. The van der Waals surface area contributed by atoms with E-state index >= 15 is 0 Å². The number of amides is 1. The maximum Gasteiger partial charge on any atom is 0.230 e. The minimum absolute atomic E-state index is 0.0774. The summed E-state index contributed by atoms with van der Waals surface area (Å²) in [7, 11) is 0. The fraction of sp³-hybridized carbons (Fsp3) is 0.526. The van der Waals surface area contributed by atoms with Gasteiger partial charge in [-0.3, -0.25) is 9.89 Å². The molecule has 26 heavy (non-hydrogen) atoms. The average Bonchev–Trinajstić information content (AvgIpc) is 3.38. The van der Waals surface area contributed by atoms with Crippen LogP contribution in [-0.4, -0.2) is 39.5 Å². The molecule has 0 spiro atoms. The normalized spacial score (nSPS) is 24.0. The fourth-order valence-electron chi connectivity index (χ4n) is 4.18. The summed E-state index contributed by atoms with van der Waals surface area (Å²) in [5, 5.41) is 11.0. The van der Waals surface area contributed by atoms with Crippen molar-refractivity contribution >= 4 is 17.7 Å². The molecule has 2 saturated carbocycles. The van der Waals surface area contributed by atoms with Crippen LogP contribution in [0.25, 0.3) is 11.4 Å². The molecule has 0 aliphatic heterocycles. The second kappa shape index (κ2) is 7.70. The minimum atomic E-state index is 0.0774. The monoisotopic (exact) mass is 372 g/mol. The number of carbonyl (C=O) groups is 1. The topological polar surface area (TPSA) is 79.9 Å². The van der Waals surface area contributed by atoms with Gasteiger partial charge in [0, 0.05) is 6.04 Å². The number of rotatable bonds is 7. The SMILES string of the molecule is CCOc1ccccc1-c1nc(SCC(=O)N[C@@H]2C[C@H]3CC[C@H]2C3)n[nH]1. The van der Waals surface area contributed by atoms with Crippen molar-refractivity contribution in [2.24, 2.45) is 11.8 Å². The maximum atomic E-state index is 12.2. The van der Waals surface area contributed by atoms with Gasteiger partial charge in [0.25, 0.3) is 0 Å². The molecule has 3 atom stereocenters. The molecule has 0 unspecified atom stereocenters. The van der Waals surface area contributed by atoms with E-state index in [1.165, 1.54) is 31.0 Å². The molecule has 2 N–H and O–H groups in total. The number of hydrogen-bond acceptors (Lipinski definition) is 5. The Kier molecular flexibility index (Phi) is 5.15. The van der Waals surface area contributed by atoms with Gasteiger partial charge in [-0.1, -0.05) is 30.3 Å². The molecule has 6 nitrogen and oxygen atoms in total. The van der Waals surface area contributed by atoms with Crippen LogP contribution < -0.4 is 10.1 Å². The summed E-state index contributed by atoms with van der Waals surface area (Å²) in [6, 6.07) is 8.11. The zero-order valence-corrected chi connectivity index (χ0v) is 15.7. The molecule has 2 aromatic rings. The quantitative estimate of drug-likeness (QED) is 0.729. The second-order valence-electron chi connectivity index (χ2n) is 7.03. The maximum absolute atomic E-state index is 12.2. The molecule has 2 aliphatic rings. The van der Waals surface area contributed by atoms with E-state index in [4.69, 9.17) is 4.74 Å². The molecule has 0 saturated heterocycles. The standard InChI is InChI=1S/C19H24N4O2S/c1-2-25-16-6-4-3-5-14(16)18-21-19(23-22-18)26-11-17(24)20-15-10-12-7-8-13(15)9-12/h3-6,12-13,15H,2,7-11H2,1H3,(H,20,24)(H,21,22,23)/t12-,13-,15+/m0/s1. The molecule has 1 amide bonds. The summed E-state index contributed by atoms with van der Waals surface area (Å²) >= 11 is 1.36. The molecular weight excluding hydrogens is 348 g/mol. The van der Waals surface area contributed by atoms with Crippen molar-refractivity contribution in [2.45, 2.75) is 43.8 Å². The zero-order valence-electron chi connectivity index (χ0n) is 14.9. The minimum Gasteiger partial charge on any atom is -0.493 e. The van der Waals surface area contributed by atoms with Crippen LogP contribution in [-0.2, 0) is 4.79 Å². The predicted molar refractivity (Wildman–Crippen MR) is 101 cm³/mol. The number of fused-ring (bicyclic) bond motifs is 2. The highest BCUT2D eigenvalue weighted by atomic mass is 32.2. The number of carbonyl (C=O) groups excluding carboxylic acids is 1. The van der Waals surface area contributed by atoms with Crippen LogP contribution in [0.5, 0.6) is 5.75 Å². The van der Waals surface area contributed by atoms with Gasteiger partial charge in [-0.05, 0) is 50.2 Å². The smallest absolute Gasteiger partial charge is 0.230 e. The highest BCUT2D eigenvalue weighted by Gasteiger charge is 2.40. The number of thioether (sulfide) groups is 1. The third-order valence-electron chi connectivity index (χ3n) is 5.32. The molecule has 2 bridgehead atoms. The number of benzene rings is 1. The first-order valence-electron chi connectivity index (χ1n) is 9.29. The van der Waals surface area contributed by atoms with Crippen LogP contribution in [0, 0.1) is 11.8 Å². The van der Waals surface area contributed by atoms with Crippen molar-refractivity contribution in [3.63, 3.8) is 0 Å². The van der Waals surface area contributed by atoms with Crippen molar-refractivity contribution < 1.29 is 9.53 Å². The van der Waals surface area contributed by atoms with E-state index in [9.17, 15) is 4.79 Å². The van der Waals surface area contributed by atoms with Gasteiger partial charge in [-0.25, -0.2) is 4.98 Å². The Labute approximate surface area is 157 Å². The molecule has 0 radical (unpaired) electrons. The first kappa shape index (κ1) is 17.4. The molecular formula is C19H24N4O2S. The Bertz CT molecular complexity index is 778. The lowest BCUT2D eigenvalue weighted by Crippen LogP contribution is -2.39. The molecule has 2 aliphatic carbocycles. The van der Waals surface area contributed by atoms with Crippen molar-refractivity contribution in [2.75, 3.05) is 12.4 Å². The van der Waals surface area contributed by atoms with Crippen LogP contribution in [0.2, 0.25) is 0 Å². The Morgan fingerprint density at radius 3 is 3.00 bits per heavy atom. The van der Waals surface area contributed by atoms with Crippen LogP contribution in [0.3, 0.4) is 0 Å². The molecule has 1 aromatic heterocycles. The summed E-state index contributed by atoms with van der Waals surface area (Å²) < 4.78 is 5.64. The molecule has 138 valence electrons. The Hall–Kier alpha value is -2.02. The fourth-order valence-corrected chi connectivity index (χ4v) is 4.78. The van der Waals surface area contributed by atoms with E-state index in [2.05, 4.69) is 20.5 Å². The highest BCUT2D eigenvalue weighted by molar-refractivity contribution is 7.99. The third kappa shape index (κ3) is 3.72. The average molecular weight is 372 g/mol. The van der Waals surface area contributed by atoms with E-state index in [1.807, 2.05) is 31.2 Å². The van der Waals surface area contributed by atoms with Crippen molar-refractivity contribution in [3.05, 3.63) is 24.3 Å². The molecule has 7 heteroatoms. The van der Waals surface area contributed by atoms with Crippen LogP contribution in [0.1, 0.15) is 32.6 Å². The lowest BCUT2D eigenvalue weighted by molar-refractivity contribution is -0.119. The number of aromatic nitrogens is 3. The summed E-state index contributed by atoms with van der Waals surface area (Å²) in [5.74, 6) is 3.38. The lowest BCUT2D eigenvalue weighted by atomic mass is 9.95. The largest absolute Gasteiger partial charge is 0.493 e. The first-order chi connectivity index (χ1) is 12.7. The van der Waals surface area contributed by atoms with Crippen molar-refractivity contribution in [1.29, 1.82) is 0 Å². The number of hydrogen-bond donors (Lipinski definition) is 2. The Morgan fingerprint density at radius 2 is 2.23 bits per heavy atom. The van der Waals surface area contributed by atoms with Gasteiger partial charge < -0.3 is 10.1 Å². The van der Waals surface area contributed by atoms with E-state index in [1.54, 1.807) is 0 Å². The van der Waals surface area contributed by atoms with Gasteiger partial charge in [-0.15, -0.1) is 5.10 Å². The highest BCUT2D eigenvalue weighted by Crippen LogP contribution is 2.44. The number of ether oxygens (including phenoxy) is 1. The number of H-pyrrole nitrogens is 1.